The molecular weight excluding hydrogens is 553 g/mol. The van der Waals surface area contributed by atoms with Crippen LogP contribution in [0.5, 0.6) is 5.75 Å². The first-order valence-electron chi connectivity index (χ1n) is 9.09. The number of halogens is 6. The number of alkyl halides is 3. The van der Waals surface area contributed by atoms with Crippen LogP contribution in [0.4, 0.5) is 23.4 Å². The van der Waals surface area contributed by atoms with Crippen molar-refractivity contribution in [1.82, 2.24) is 15.6 Å². The highest BCUT2D eigenvalue weighted by Crippen LogP contribution is 2.34. The van der Waals surface area contributed by atoms with Crippen molar-refractivity contribution in [2.45, 2.75) is 25.2 Å². The number of hydrogen-bond donors (Lipinski definition) is 3. The standard InChI is InChI=1S/C19H20ClF4N5O.HI/c1-25-18(27-8-11-2-3-16(30)15(21)6-11)28-13-4-5-29(10-13)17-14(20)7-12(9-26-17)19(22,23)24;/h2-3,6-7,9,13,30H,4-5,8,10H2,1H3,(H2,25,27,28);1H. The molecule has 1 aliphatic rings. The summed E-state index contributed by atoms with van der Waals surface area (Å²) >= 11 is 6.03. The van der Waals surface area contributed by atoms with Gasteiger partial charge < -0.3 is 20.6 Å². The molecule has 0 amide bonds. The van der Waals surface area contributed by atoms with Crippen LogP contribution in [-0.2, 0) is 12.7 Å². The number of aliphatic imine (C=N–C) groups is 1. The van der Waals surface area contributed by atoms with Gasteiger partial charge in [-0.1, -0.05) is 17.7 Å². The van der Waals surface area contributed by atoms with Crippen molar-refractivity contribution in [2.75, 3.05) is 25.0 Å². The normalized spacial score (nSPS) is 16.8. The number of phenols is 1. The summed E-state index contributed by atoms with van der Waals surface area (Å²) in [5.41, 5.74) is -0.262. The van der Waals surface area contributed by atoms with Gasteiger partial charge in [0, 0.05) is 38.9 Å². The number of guanidine groups is 1. The molecule has 1 aliphatic heterocycles. The van der Waals surface area contributed by atoms with Gasteiger partial charge in [-0.3, -0.25) is 4.99 Å². The summed E-state index contributed by atoms with van der Waals surface area (Å²) in [5.74, 6) is -0.328. The number of aromatic nitrogens is 1. The molecule has 0 spiro atoms. The first-order valence-corrected chi connectivity index (χ1v) is 9.47. The molecule has 2 aromatic rings. The number of phenolic OH excluding ortho intramolecular Hbond substituents is 1. The molecular formula is C19H21ClF4IN5O. The van der Waals surface area contributed by atoms with Crippen LogP contribution in [0.2, 0.25) is 5.02 Å². The lowest BCUT2D eigenvalue weighted by Gasteiger charge is -2.21. The number of benzene rings is 1. The van der Waals surface area contributed by atoms with Crippen LogP contribution in [0.15, 0.2) is 35.5 Å². The minimum Gasteiger partial charge on any atom is -0.505 e. The van der Waals surface area contributed by atoms with Crippen molar-refractivity contribution in [3.63, 3.8) is 0 Å². The van der Waals surface area contributed by atoms with Gasteiger partial charge in [0.1, 0.15) is 5.82 Å². The molecule has 31 heavy (non-hydrogen) atoms. The molecule has 3 N–H and O–H groups in total. The van der Waals surface area contributed by atoms with Crippen LogP contribution in [0.3, 0.4) is 0 Å². The predicted molar refractivity (Wildman–Crippen MR) is 122 cm³/mol. The molecule has 1 saturated heterocycles. The number of hydrogen-bond acceptors (Lipinski definition) is 4. The summed E-state index contributed by atoms with van der Waals surface area (Å²) in [6, 6.07) is 4.94. The fourth-order valence-electron chi connectivity index (χ4n) is 3.12. The van der Waals surface area contributed by atoms with Gasteiger partial charge in [-0.05, 0) is 30.2 Å². The molecule has 1 unspecified atom stereocenters. The van der Waals surface area contributed by atoms with Crippen molar-refractivity contribution in [1.29, 1.82) is 0 Å². The lowest BCUT2D eigenvalue weighted by atomic mass is 10.2. The first kappa shape index (κ1) is 25.2. The predicted octanol–water partition coefficient (Wildman–Crippen LogP) is 4.16. The molecule has 3 rings (SSSR count). The van der Waals surface area contributed by atoms with Crippen LogP contribution < -0.4 is 15.5 Å². The number of nitrogens with one attached hydrogen (secondary N) is 2. The molecule has 2 heterocycles. The van der Waals surface area contributed by atoms with Gasteiger partial charge in [-0.2, -0.15) is 13.2 Å². The zero-order valence-electron chi connectivity index (χ0n) is 16.4. The van der Waals surface area contributed by atoms with Crippen molar-refractivity contribution in [3.8, 4) is 5.75 Å². The highest BCUT2D eigenvalue weighted by molar-refractivity contribution is 14.0. The molecule has 1 atom stereocenters. The van der Waals surface area contributed by atoms with Crippen molar-refractivity contribution in [2.24, 2.45) is 4.99 Å². The van der Waals surface area contributed by atoms with Gasteiger partial charge in [-0.15, -0.1) is 24.0 Å². The second-order valence-corrected chi connectivity index (χ2v) is 7.22. The van der Waals surface area contributed by atoms with E-state index in [2.05, 4.69) is 20.6 Å². The van der Waals surface area contributed by atoms with Gasteiger partial charge in [0.05, 0.1) is 10.6 Å². The largest absolute Gasteiger partial charge is 0.505 e. The number of aromatic hydroxyl groups is 1. The van der Waals surface area contributed by atoms with E-state index in [-0.39, 0.29) is 35.0 Å². The lowest BCUT2D eigenvalue weighted by molar-refractivity contribution is -0.137. The summed E-state index contributed by atoms with van der Waals surface area (Å²) in [4.78, 5) is 9.83. The SMILES string of the molecule is CN=C(NCc1ccc(O)c(F)c1)NC1CCN(c2ncc(C(F)(F)F)cc2Cl)C1.I. The fourth-order valence-corrected chi connectivity index (χ4v) is 3.41. The smallest absolute Gasteiger partial charge is 0.417 e. The second-order valence-electron chi connectivity index (χ2n) is 6.81. The molecule has 1 aromatic heterocycles. The number of rotatable bonds is 4. The van der Waals surface area contributed by atoms with E-state index < -0.39 is 23.3 Å². The topological polar surface area (TPSA) is 72.8 Å². The zero-order chi connectivity index (χ0) is 21.9. The third kappa shape index (κ3) is 6.48. The Labute approximate surface area is 198 Å². The maximum absolute atomic E-state index is 13.4. The summed E-state index contributed by atoms with van der Waals surface area (Å²) in [7, 11) is 1.59. The van der Waals surface area contributed by atoms with Gasteiger partial charge in [-0.25, -0.2) is 9.37 Å². The van der Waals surface area contributed by atoms with Gasteiger partial charge in [0.2, 0.25) is 0 Å². The summed E-state index contributed by atoms with van der Waals surface area (Å²) in [5, 5.41) is 15.5. The Kier molecular flexibility index (Phi) is 8.57. The quantitative estimate of drug-likeness (QED) is 0.222. The van der Waals surface area contributed by atoms with Crippen molar-refractivity contribution < 1.29 is 22.7 Å². The minimum atomic E-state index is -4.50. The maximum Gasteiger partial charge on any atom is 0.417 e. The van der Waals surface area contributed by atoms with Crippen LogP contribution >= 0.6 is 35.6 Å². The molecule has 12 heteroatoms. The van der Waals surface area contributed by atoms with E-state index in [0.717, 1.165) is 12.3 Å². The Balaban J connectivity index is 0.00000341. The van der Waals surface area contributed by atoms with Crippen LogP contribution in [0, 0.1) is 5.82 Å². The van der Waals surface area contributed by atoms with E-state index in [0.29, 0.717) is 43.4 Å². The van der Waals surface area contributed by atoms with Crippen molar-refractivity contribution in [3.05, 3.63) is 52.4 Å². The number of pyridine rings is 1. The maximum atomic E-state index is 13.4. The second kappa shape index (κ2) is 10.5. The van der Waals surface area contributed by atoms with Crippen LogP contribution in [-0.4, -0.2) is 42.2 Å². The third-order valence-electron chi connectivity index (χ3n) is 4.67. The Morgan fingerprint density at radius 1 is 1.35 bits per heavy atom. The van der Waals surface area contributed by atoms with E-state index in [1.807, 2.05) is 4.90 Å². The molecule has 170 valence electrons. The molecule has 6 nitrogen and oxygen atoms in total. The Hall–Kier alpha value is -2.02. The minimum absolute atomic E-state index is 0. The van der Waals surface area contributed by atoms with E-state index in [4.69, 9.17) is 11.6 Å². The number of anilines is 1. The monoisotopic (exact) mass is 573 g/mol. The van der Waals surface area contributed by atoms with Gasteiger partial charge in [0.25, 0.3) is 0 Å². The highest BCUT2D eigenvalue weighted by Gasteiger charge is 2.33. The van der Waals surface area contributed by atoms with Gasteiger partial charge in [0.15, 0.2) is 17.5 Å². The average molecular weight is 574 g/mol. The Morgan fingerprint density at radius 3 is 2.71 bits per heavy atom. The van der Waals surface area contributed by atoms with E-state index in [9.17, 15) is 22.7 Å². The van der Waals surface area contributed by atoms with Crippen molar-refractivity contribution >= 4 is 47.4 Å². The first-order chi connectivity index (χ1) is 14.2. The molecule has 0 aliphatic carbocycles. The third-order valence-corrected chi connectivity index (χ3v) is 4.95. The lowest BCUT2D eigenvalue weighted by Crippen LogP contribution is -2.44. The molecule has 0 bridgehead atoms. The summed E-state index contributed by atoms with van der Waals surface area (Å²) in [6.07, 6.45) is -3.02. The van der Waals surface area contributed by atoms with Crippen LogP contribution in [0.25, 0.3) is 0 Å². The van der Waals surface area contributed by atoms with Crippen LogP contribution in [0.1, 0.15) is 17.5 Å². The van der Waals surface area contributed by atoms with E-state index >= 15 is 0 Å². The molecule has 0 saturated carbocycles. The van der Waals surface area contributed by atoms with E-state index in [1.165, 1.54) is 12.1 Å². The fraction of sp³-hybridized carbons (Fsp3) is 0.368. The molecule has 1 fully saturated rings. The summed E-state index contributed by atoms with van der Waals surface area (Å²) < 4.78 is 51.8. The Bertz CT molecular complexity index is 944. The number of nitrogens with zero attached hydrogens (tertiary/aromatic N) is 3. The zero-order valence-corrected chi connectivity index (χ0v) is 19.5. The van der Waals surface area contributed by atoms with Gasteiger partial charge >= 0.3 is 6.18 Å². The van der Waals surface area contributed by atoms with E-state index in [1.54, 1.807) is 13.1 Å². The average Bonchev–Trinajstić information content (AvgIpc) is 3.15. The summed E-state index contributed by atoms with van der Waals surface area (Å²) in [6.45, 7) is 1.34. The highest BCUT2D eigenvalue weighted by atomic mass is 127. The molecule has 1 aromatic carbocycles. The molecule has 0 radical (unpaired) electrons. The Morgan fingerprint density at radius 2 is 2.10 bits per heavy atom.